The Morgan fingerprint density at radius 2 is 1.74 bits per heavy atom. The summed E-state index contributed by atoms with van der Waals surface area (Å²) in [4.78, 5) is 14.9. The van der Waals surface area contributed by atoms with Crippen molar-refractivity contribution in [2.75, 3.05) is 20.2 Å². The predicted octanol–water partition coefficient (Wildman–Crippen LogP) is 4.65. The summed E-state index contributed by atoms with van der Waals surface area (Å²) in [6, 6.07) is 17.3. The van der Waals surface area contributed by atoms with E-state index in [-0.39, 0.29) is 22.3 Å². The molecule has 0 unspecified atom stereocenters. The molecule has 0 atom stereocenters. The molecule has 1 aromatic heterocycles. The van der Waals surface area contributed by atoms with Crippen LogP contribution in [0.3, 0.4) is 0 Å². The molecule has 0 spiro atoms. The third kappa shape index (κ3) is 4.81. The van der Waals surface area contributed by atoms with Crippen LogP contribution in [0.15, 0.2) is 69.9 Å². The summed E-state index contributed by atoms with van der Waals surface area (Å²) in [6.45, 7) is 2.22. The van der Waals surface area contributed by atoms with Crippen LogP contribution < -0.4 is 10.2 Å². The van der Waals surface area contributed by atoms with Crippen LogP contribution in [-0.2, 0) is 6.54 Å². The number of phenols is 2. The zero-order valence-corrected chi connectivity index (χ0v) is 17.4. The number of rotatable bonds is 8. The van der Waals surface area contributed by atoms with E-state index in [1.54, 1.807) is 42.5 Å². The molecule has 0 aliphatic rings. The zero-order valence-electron chi connectivity index (χ0n) is 17.4. The van der Waals surface area contributed by atoms with Gasteiger partial charge in [-0.25, -0.2) is 0 Å². The van der Waals surface area contributed by atoms with Crippen LogP contribution in [-0.4, -0.2) is 35.3 Å². The minimum absolute atomic E-state index is 0.138. The molecule has 0 amide bonds. The normalized spacial score (nSPS) is 11.4. The van der Waals surface area contributed by atoms with E-state index in [2.05, 4.69) is 11.9 Å². The Morgan fingerprint density at radius 1 is 0.968 bits per heavy atom. The van der Waals surface area contributed by atoms with Gasteiger partial charge < -0.3 is 24.3 Å². The molecule has 4 rings (SSSR count). The second-order valence-electron chi connectivity index (χ2n) is 7.70. The SMILES string of the molecule is CN(CCCCOc1cc(O)c2c(=O)c3ccccc3oc2c1)Cc1ccc(O)cc1. The molecule has 0 saturated heterocycles. The Hall–Kier alpha value is -3.51. The molecule has 31 heavy (non-hydrogen) atoms. The monoisotopic (exact) mass is 419 g/mol. The summed E-state index contributed by atoms with van der Waals surface area (Å²) in [6.07, 6.45) is 1.80. The first-order valence-corrected chi connectivity index (χ1v) is 10.3. The molecule has 0 fully saturated rings. The van der Waals surface area contributed by atoms with E-state index in [9.17, 15) is 15.0 Å². The molecule has 0 radical (unpaired) electrons. The number of nitrogens with zero attached hydrogens (tertiary/aromatic N) is 1. The Labute approximate surface area is 179 Å². The van der Waals surface area contributed by atoms with Crippen LogP contribution >= 0.6 is 0 Å². The number of aromatic hydroxyl groups is 2. The molecule has 3 aromatic carbocycles. The lowest BCUT2D eigenvalue weighted by Gasteiger charge is -2.16. The second kappa shape index (κ2) is 9.10. The molecule has 0 aliphatic carbocycles. The Bertz CT molecular complexity index is 1250. The molecule has 2 N–H and O–H groups in total. The van der Waals surface area contributed by atoms with E-state index < -0.39 is 0 Å². The van der Waals surface area contributed by atoms with Gasteiger partial charge in [-0.3, -0.25) is 4.79 Å². The van der Waals surface area contributed by atoms with Crippen molar-refractivity contribution in [3.05, 3.63) is 76.5 Å². The summed E-state index contributed by atoms with van der Waals surface area (Å²) < 4.78 is 11.6. The molecular formula is C25H25NO5. The highest BCUT2D eigenvalue weighted by Gasteiger charge is 2.13. The van der Waals surface area contributed by atoms with Gasteiger partial charge in [-0.05, 0) is 56.3 Å². The summed E-state index contributed by atoms with van der Waals surface area (Å²) in [5, 5.41) is 20.3. The van der Waals surface area contributed by atoms with Gasteiger partial charge in [0.1, 0.15) is 33.8 Å². The lowest BCUT2D eigenvalue weighted by Crippen LogP contribution is -2.19. The number of para-hydroxylation sites is 1. The number of unbranched alkanes of at least 4 members (excludes halogenated alkanes) is 1. The van der Waals surface area contributed by atoms with Crippen molar-refractivity contribution in [2.24, 2.45) is 0 Å². The van der Waals surface area contributed by atoms with E-state index in [4.69, 9.17) is 9.15 Å². The van der Waals surface area contributed by atoms with Gasteiger partial charge in [0.25, 0.3) is 0 Å². The van der Waals surface area contributed by atoms with Crippen LogP contribution in [0, 0.1) is 0 Å². The summed E-state index contributed by atoms with van der Waals surface area (Å²) in [5.41, 5.74) is 1.69. The average Bonchev–Trinajstić information content (AvgIpc) is 2.75. The van der Waals surface area contributed by atoms with E-state index >= 15 is 0 Å². The highest BCUT2D eigenvalue weighted by atomic mass is 16.5. The standard InChI is InChI=1S/C25H25NO5/c1-26(16-17-8-10-18(27)11-9-17)12-4-5-13-30-19-14-21(28)24-23(15-19)31-22-7-3-2-6-20(22)25(24)29/h2-3,6-11,14-15,27-28H,4-5,12-13,16H2,1H3. The maximum absolute atomic E-state index is 12.7. The average molecular weight is 419 g/mol. The fourth-order valence-corrected chi connectivity index (χ4v) is 3.63. The number of phenolic OH excluding ortho intramolecular Hbond substituents is 2. The largest absolute Gasteiger partial charge is 0.508 e. The van der Waals surface area contributed by atoms with Gasteiger partial charge in [-0.1, -0.05) is 24.3 Å². The van der Waals surface area contributed by atoms with Gasteiger partial charge in [-0.2, -0.15) is 0 Å². The fourth-order valence-electron chi connectivity index (χ4n) is 3.63. The van der Waals surface area contributed by atoms with Crippen molar-refractivity contribution in [3.63, 3.8) is 0 Å². The maximum Gasteiger partial charge on any atom is 0.204 e. The molecule has 4 aromatic rings. The summed E-state index contributed by atoms with van der Waals surface area (Å²) in [5.74, 6) is 0.609. The van der Waals surface area contributed by atoms with E-state index in [0.717, 1.165) is 31.5 Å². The molecule has 160 valence electrons. The van der Waals surface area contributed by atoms with Gasteiger partial charge in [0.05, 0.1) is 12.0 Å². The lowest BCUT2D eigenvalue weighted by molar-refractivity contribution is 0.275. The van der Waals surface area contributed by atoms with Crippen LogP contribution in [0.2, 0.25) is 0 Å². The van der Waals surface area contributed by atoms with Crippen molar-refractivity contribution < 1.29 is 19.4 Å². The third-order valence-corrected chi connectivity index (χ3v) is 5.23. The first kappa shape index (κ1) is 20.8. The van der Waals surface area contributed by atoms with E-state index in [0.29, 0.717) is 28.9 Å². The third-order valence-electron chi connectivity index (χ3n) is 5.23. The predicted molar refractivity (Wildman–Crippen MR) is 121 cm³/mol. The minimum atomic E-state index is -0.252. The summed E-state index contributed by atoms with van der Waals surface area (Å²) >= 11 is 0. The van der Waals surface area contributed by atoms with Crippen LogP contribution in [0.1, 0.15) is 18.4 Å². The van der Waals surface area contributed by atoms with Gasteiger partial charge in [0.15, 0.2) is 0 Å². The summed E-state index contributed by atoms with van der Waals surface area (Å²) in [7, 11) is 2.06. The van der Waals surface area contributed by atoms with Gasteiger partial charge in [0.2, 0.25) is 5.43 Å². The number of fused-ring (bicyclic) bond motifs is 2. The van der Waals surface area contributed by atoms with Gasteiger partial charge in [-0.15, -0.1) is 0 Å². The van der Waals surface area contributed by atoms with Crippen LogP contribution in [0.25, 0.3) is 21.9 Å². The number of ether oxygens (including phenoxy) is 1. The van der Waals surface area contributed by atoms with Crippen molar-refractivity contribution in [1.29, 1.82) is 0 Å². The highest BCUT2D eigenvalue weighted by Crippen LogP contribution is 2.30. The smallest absolute Gasteiger partial charge is 0.204 e. The minimum Gasteiger partial charge on any atom is -0.508 e. The number of hydrogen-bond donors (Lipinski definition) is 2. The fraction of sp³-hybridized carbons (Fsp3) is 0.240. The Balaban J connectivity index is 1.33. The second-order valence-corrected chi connectivity index (χ2v) is 7.70. The topological polar surface area (TPSA) is 83.1 Å². The van der Waals surface area contributed by atoms with E-state index in [1.807, 2.05) is 12.1 Å². The zero-order chi connectivity index (χ0) is 21.8. The number of hydrogen-bond acceptors (Lipinski definition) is 6. The van der Waals surface area contributed by atoms with Crippen molar-refractivity contribution in [2.45, 2.75) is 19.4 Å². The van der Waals surface area contributed by atoms with Crippen LogP contribution in [0.5, 0.6) is 17.2 Å². The van der Waals surface area contributed by atoms with Gasteiger partial charge >= 0.3 is 0 Å². The Morgan fingerprint density at radius 3 is 2.55 bits per heavy atom. The molecule has 0 aliphatic heterocycles. The molecule has 0 bridgehead atoms. The van der Waals surface area contributed by atoms with Crippen molar-refractivity contribution >= 4 is 21.9 Å². The Kier molecular flexibility index (Phi) is 6.09. The lowest BCUT2D eigenvalue weighted by atomic mass is 10.1. The molecule has 6 nitrogen and oxygen atoms in total. The molecular weight excluding hydrogens is 394 g/mol. The molecule has 1 heterocycles. The molecule has 6 heteroatoms. The quantitative estimate of drug-likeness (QED) is 0.320. The molecule has 0 saturated carbocycles. The first-order chi connectivity index (χ1) is 15.0. The van der Waals surface area contributed by atoms with Gasteiger partial charge in [0, 0.05) is 18.7 Å². The highest BCUT2D eigenvalue weighted by molar-refractivity contribution is 5.93. The van der Waals surface area contributed by atoms with Crippen molar-refractivity contribution in [3.8, 4) is 17.2 Å². The van der Waals surface area contributed by atoms with Crippen molar-refractivity contribution in [1.82, 2.24) is 4.90 Å². The first-order valence-electron chi connectivity index (χ1n) is 10.3. The van der Waals surface area contributed by atoms with Crippen LogP contribution in [0.4, 0.5) is 0 Å². The maximum atomic E-state index is 12.7. The van der Waals surface area contributed by atoms with E-state index in [1.165, 1.54) is 6.07 Å². The number of benzene rings is 3.